The normalized spacial score (nSPS) is 19.7. The number of esters is 1. The number of benzene rings is 1. The van der Waals surface area contributed by atoms with Gasteiger partial charge in [0.1, 0.15) is 5.75 Å². The van der Waals surface area contributed by atoms with E-state index in [4.69, 9.17) is 4.74 Å². The first kappa shape index (κ1) is 25.5. The van der Waals surface area contributed by atoms with Gasteiger partial charge in [-0.1, -0.05) is 6.92 Å². The summed E-state index contributed by atoms with van der Waals surface area (Å²) in [6.07, 6.45) is 2.73. The van der Waals surface area contributed by atoms with Crippen LogP contribution in [0.25, 0.3) is 0 Å². The smallest absolute Gasteiger partial charge is 0.320 e. The molecule has 1 aromatic carbocycles. The van der Waals surface area contributed by atoms with Crippen LogP contribution in [0.1, 0.15) is 32.3 Å². The lowest BCUT2D eigenvalue weighted by Gasteiger charge is -2.43. The Morgan fingerprint density at radius 2 is 1.69 bits per heavy atom. The number of nitrogens with zero attached hydrogens (tertiary/aromatic N) is 3. The molecule has 0 aromatic heterocycles. The highest BCUT2D eigenvalue weighted by Crippen LogP contribution is 2.34. The van der Waals surface area contributed by atoms with E-state index in [2.05, 4.69) is 41.7 Å². The summed E-state index contributed by atoms with van der Waals surface area (Å²) in [6.45, 7) is 9.77. The third-order valence-electron chi connectivity index (χ3n) is 6.40. The zero-order chi connectivity index (χ0) is 23.3. The van der Waals surface area contributed by atoms with Crippen molar-refractivity contribution in [2.24, 2.45) is 5.92 Å². The molecule has 0 aliphatic carbocycles. The Morgan fingerprint density at radius 3 is 2.25 bits per heavy atom. The number of aromatic hydroxyl groups is 1. The Labute approximate surface area is 207 Å². The number of piperazine rings is 1. The minimum absolute atomic E-state index is 0.115. The first-order valence-electron chi connectivity index (χ1n) is 11.4. The van der Waals surface area contributed by atoms with Crippen LogP contribution in [0.5, 0.6) is 5.75 Å². The molecule has 0 saturated carbocycles. The first-order chi connectivity index (χ1) is 15.3. The van der Waals surface area contributed by atoms with Gasteiger partial charge in [0, 0.05) is 51.2 Å². The van der Waals surface area contributed by atoms with Crippen molar-refractivity contribution in [2.45, 2.75) is 39.2 Å². The van der Waals surface area contributed by atoms with Gasteiger partial charge in [-0.15, -0.1) is 0 Å². The minimum atomic E-state index is -0.140. The van der Waals surface area contributed by atoms with Gasteiger partial charge in [-0.05, 0) is 75.7 Å². The summed E-state index contributed by atoms with van der Waals surface area (Å²) in [6, 6.07) is 4.27. The van der Waals surface area contributed by atoms with Crippen LogP contribution in [0.15, 0.2) is 21.1 Å². The zero-order valence-corrected chi connectivity index (χ0v) is 22.0. The zero-order valence-electron chi connectivity index (χ0n) is 18.9. The van der Waals surface area contributed by atoms with Crippen LogP contribution < -0.4 is 0 Å². The van der Waals surface area contributed by atoms with Crippen LogP contribution in [-0.4, -0.2) is 90.1 Å². The molecule has 0 unspecified atom stereocenters. The summed E-state index contributed by atoms with van der Waals surface area (Å²) < 4.78 is 6.31. The Hall–Kier alpha value is -1.16. The largest absolute Gasteiger partial charge is 0.506 e. The second kappa shape index (κ2) is 11.8. The number of piperidine rings is 1. The third kappa shape index (κ3) is 6.68. The predicted octanol–water partition coefficient (Wildman–Crippen LogP) is 3.27. The molecular formula is C23H33Br2N3O4. The van der Waals surface area contributed by atoms with E-state index in [1.54, 1.807) is 0 Å². The van der Waals surface area contributed by atoms with Gasteiger partial charge in [0.25, 0.3) is 0 Å². The second-order valence-corrected chi connectivity index (χ2v) is 10.4. The quantitative estimate of drug-likeness (QED) is 0.504. The number of phenolic OH excluding ortho intramolecular Hbond substituents is 1. The van der Waals surface area contributed by atoms with Crippen LogP contribution in [0.3, 0.4) is 0 Å². The van der Waals surface area contributed by atoms with E-state index in [-0.39, 0.29) is 23.5 Å². The molecule has 1 atom stereocenters. The van der Waals surface area contributed by atoms with E-state index in [9.17, 15) is 14.7 Å². The molecular weight excluding hydrogens is 542 g/mol. The molecule has 3 rings (SSSR count). The number of amides is 1. The second-order valence-electron chi connectivity index (χ2n) is 8.69. The molecule has 2 heterocycles. The summed E-state index contributed by atoms with van der Waals surface area (Å²) in [5, 5.41) is 9.89. The van der Waals surface area contributed by atoms with Crippen molar-refractivity contribution >= 4 is 43.7 Å². The Morgan fingerprint density at radius 1 is 1.09 bits per heavy atom. The number of hydrogen-bond donors (Lipinski definition) is 1. The highest BCUT2D eigenvalue weighted by molar-refractivity contribution is 9.11. The van der Waals surface area contributed by atoms with E-state index in [0.717, 1.165) is 57.7 Å². The fourth-order valence-corrected chi connectivity index (χ4v) is 5.91. The number of hydrogen-bond acceptors (Lipinski definition) is 6. The van der Waals surface area contributed by atoms with Crippen LogP contribution in [0.4, 0.5) is 0 Å². The van der Waals surface area contributed by atoms with E-state index in [0.29, 0.717) is 34.6 Å². The van der Waals surface area contributed by atoms with Gasteiger partial charge in [-0.25, -0.2) is 0 Å². The molecule has 0 bridgehead atoms. The van der Waals surface area contributed by atoms with Gasteiger partial charge in [0.05, 0.1) is 22.1 Å². The number of likely N-dealkylation sites (tertiary alicyclic amines) is 1. The lowest BCUT2D eigenvalue weighted by molar-refractivity contribution is -0.144. The van der Waals surface area contributed by atoms with Crippen LogP contribution in [0, 0.1) is 5.92 Å². The molecule has 0 radical (unpaired) electrons. The van der Waals surface area contributed by atoms with Crippen LogP contribution in [0.2, 0.25) is 0 Å². The van der Waals surface area contributed by atoms with Crippen molar-refractivity contribution in [2.75, 3.05) is 52.4 Å². The van der Waals surface area contributed by atoms with E-state index >= 15 is 0 Å². The van der Waals surface area contributed by atoms with Crippen molar-refractivity contribution in [3.05, 3.63) is 26.6 Å². The van der Waals surface area contributed by atoms with E-state index in [1.165, 1.54) is 0 Å². The van der Waals surface area contributed by atoms with E-state index < -0.39 is 0 Å². The molecule has 2 saturated heterocycles. The molecule has 2 aliphatic rings. The fraction of sp³-hybridized carbons (Fsp3) is 0.652. The Kier molecular flexibility index (Phi) is 9.40. The molecule has 178 valence electrons. The topological polar surface area (TPSA) is 73.3 Å². The van der Waals surface area contributed by atoms with Gasteiger partial charge >= 0.3 is 5.97 Å². The number of carbonyl (C=O) groups is 2. The fourth-order valence-electron chi connectivity index (χ4n) is 4.63. The summed E-state index contributed by atoms with van der Waals surface area (Å²) in [5.41, 5.74) is 1.01. The monoisotopic (exact) mass is 573 g/mol. The molecule has 2 aliphatic heterocycles. The molecule has 0 spiro atoms. The number of rotatable bonds is 7. The Bertz CT molecular complexity index is 783. The first-order valence-corrected chi connectivity index (χ1v) is 12.9. The highest BCUT2D eigenvalue weighted by Gasteiger charge is 2.30. The average Bonchev–Trinajstić information content (AvgIpc) is 2.77. The molecule has 1 aromatic rings. The SMILES string of the molecule is CCOC(=O)CN1CCC(N2CCN(C(=O)[C@H](C)Cc3cc(Br)c(O)c(Br)c3)CC2)CC1. The van der Waals surface area contributed by atoms with Gasteiger partial charge in [0.15, 0.2) is 0 Å². The summed E-state index contributed by atoms with van der Waals surface area (Å²) in [5.74, 6) is 0.111. The number of phenols is 1. The summed E-state index contributed by atoms with van der Waals surface area (Å²) in [4.78, 5) is 31.4. The van der Waals surface area contributed by atoms with Gasteiger partial charge < -0.3 is 14.7 Å². The number of ether oxygens (including phenoxy) is 1. The maximum absolute atomic E-state index is 13.0. The Balaban J connectivity index is 1.43. The van der Waals surface area contributed by atoms with Gasteiger partial charge in [-0.2, -0.15) is 0 Å². The van der Waals surface area contributed by atoms with Crippen molar-refractivity contribution in [1.29, 1.82) is 0 Å². The van der Waals surface area contributed by atoms with Crippen LogP contribution in [-0.2, 0) is 20.7 Å². The third-order valence-corrected chi connectivity index (χ3v) is 7.61. The predicted molar refractivity (Wildman–Crippen MR) is 131 cm³/mol. The number of halogens is 2. The molecule has 9 heteroatoms. The maximum Gasteiger partial charge on any atom is 0.320 e. The molecule has 7 nitrogen and oxygen atoms in total. The standard InChI is InChI=1S/C23H33Br2N3O4/c1-3-32-21(29)15-26-6-4-18(5-7-26)27-8-10-28(11-9-27)23(31)16(2)12-17-13-19(24)22(30)20(25)14-17/h13-14,16,18,30H,3-12,15H2,1-2H3/t16-/m1/s1. The van der Waals surface area contributed by atoms with Crippen LogP contribution >= 0.6 is 31.9 Å². The van der Waals surface area contributed by atoms with Crippen molar-refractivity contribution in [3.63, 3.8) is 0 Å². The van der Waals surface area contributed by atoms with Crippen molar-refractivity contribution < 1.29 is 19.4 Å². The summed E-state index contributed by atoms with van der Waals surface area (Å²) >= 11 is 6.72. The number of carbonyl (C=O) groups excluding carboxylic acids is 2. The average molecular weight is 575 g/mol. The molecule has 2 fully saturated rings. The highest BCUT2D eigenvalue weighted by atomic mass is 79.9. The lowest BCUT2D eigenvalue weighted by Crippen LogP contribution is -2.55. The lowest BCUT2D eigenvalue weighted by atomic mass is 9.98. The minimum Gasteiger partial charge on any atom is -0.506 e. The molecule has 1 N–H and O–H groups in total. The van der Waals surface area contributed by atoms with Crippen molar-refractivity contribution in [1.82, 2.24) is 14.7 Å². The maximum atomic E-state index is 13.0. The molecule has 1 amide bonds. The van der Waals surface area contributed by atoms with Gasteiger partial charge in [0.2, 0.25) is 5.91 Å². The van der Waals surface area contributed by atoms with Crippen molar-refractivity contribution in [3.8, 4) is 5.75 Å². The van der Waals surface area contributed by atoms with Gasteiger partial charge in [-0.3, -0.25) is 19.4 Å². The van der Waals surface area contributed by atoms with E-state index in [1.807, 2.05) is 30.9 Å². The molecule has 32 heavy (non-hydrogen) atoms. The summed E-state index contributed by atoms with van der Waals surface area (Å²) in [7, 11) is 0.